The molecule has 0 radical (unpaired) electrons. The number of hydrogen-bond acceptors (Lipinski definition) is 3. The van der Waals surface area contributed by atoms with Crippen molar-refractivity contribution in [2.75, 3.05) is 6.26 Å². The van der Waals surface area contributed by atoms with Gasteiger partial charge in [-0.1, -0.05) is 28.1 Å². The normalized spacial score (nSPS) is 13.5. The highest BCUT2D eigenvalue weighted by atomic mass is 79.9. The van der Waals surface area contributed by atoms with E-state index in [0.717, 1.165) is 18.7 Å². The van der Waals surface area contributed by atoms with Gasteiger partial charge in [0.15, 0.2) is 9.84 Å². The highest BCUT2D eigenvalue weighted by Crippen LogP contribution is 2.41. The SMILES string of the molecule is CS(=O)(=O)c1ccc(C(Br)c2cc(Br)sc2Br)cc1. The number of alkyl halides is 1. The first-order chi connectivity index (χ1) is 8.79. The van der Waals surface area contributed by atoms with Crippen LogP contribution in [0.5, 0.6) is 0 Å². The van der Waals surface area contributed by atoms with Crippen molar-refractivity contribution in [1.29, 1.82) is 0 Å². The molecule has 1 aromatic heterocycles. The van der Waals surface area contributed by atoms with Crippen molar-refractivity contribution < 1.29 is 8.42 Å². The molecule has 0 aliphatic heterocycles. The lowest BCUT2D eigenvalue weighted by atomic mass is 10.1. The lowest BCUT2D eigenvalue weighted by molar-refractivity contribution is 0.602. The van der Waals surface area contributed by atoms with Gasteiger partial charge in [0.1, 0.15) is 0 Å². The van der Waals surface area contributed by atoms with Gasteiger partial charge in [-0.15, -0.1) is 11.3 Å². The van der Waals surface area contributed by atoms with Gasteiger partial charge in [-0.3, -0.25) is 0 Å². The molecule has 1 atom stereocenters. The Kier molecular flexibility index (Phi) is 4.93. The molecule has 0 bridgehead atoms. The Morgan fingerprint density at radius 1 is 1.16 bits per heavy atom. The molecule has 1 unspecified atom stereocenters. The molecule has 0 saturated carbocycles. The van der Waals surface area contributed by atoms with E-state index in [1.165, 1.54) is 6.26 Å². The summed E-state index contributed by atoms with van der Waals surface area (Å²) in [7, 11) is -3.14. The maximum Gasteiger partial charge on any atom is 0.175 e. The summed E-state index contributed by atoms with van der Waals surface area (Å²) in [6.07, 6.45) is 1.21. The van der Waals surface area contributed by atoms with Crippen LogP contribution >= 0.6 is 59.1 Å². The smallest absolute Gasteiger partial charge is 0.175 e. The lowest BCUT2D eigenvalue weighted by Gasteiger charge is -2.10. The topological polar surface area (TPSA) is 34.1 Å². The van der Waals surface area contributed by atoms with Crippen LogP contribution in [0.2, 0.25) is 0 Å². The predicted molar refractivity (Wildman–Crippen MR) is 90.0 cm³/mol. The predicted octanol–water partition coefficient (Wildman–Crippen LogP) is 5.16. The third-order valence-electron chi connectivity index (χ3n) is 2.56. The minimum atomic E-state index is -3.14. The van der Waals surface area contributed by atoms with Gasteiger partial charge < -0.3 is 0 Å². The van der Waals surface area contributed by atoms with Crippen LogP contribution in [0.25, 0.3) is 0 Å². The van der Waals surface area contributed by atoms with Gasteiger partial charge in [0.2, 0.25) is 0 Å². The fourth-order valence-corrected chi connectivity index (χ4v) is 6.25. The van der Waals surface area contributed by atoms with Crippen LogP contribution < -0.4 is 0 Å². The summed E-state index contributed by atoms with van der Waals surface area (Å²) >= 11 is 12.2. The third kappa shape index (κ3) is 3.69. The van der Waals surface area contributed by atoms with Gasteiger partial charge in [-0.2, -0.15) is 0 Å². The zero-order valence-electron chi connectivity index (χ0n) is 9.73. The molecule has 7 heteroatoms. The second-order valence-corrected chi connectivity index (χ2v) is 10.7. The summed E-state index contributed by atoms with van der Waals surface area (Å²) in [5.74, 6) is 0. The summed E-state index contributed by atoms with van der Waals surface area (Å²) in [5.41, 5.74) is 2.13. The van der Waals surface area contributed by atoms with E-state index in [9.17, 15) is 8.42 Å². The van der Waals surface area contributed by atoms with E-state index in [4.69, 9.17) is 0 Å². The van der Waals surface area contributed by atoms with E-state index in [-0.39, 0.29) is 4.83 Å². The van der Waals surface area contributed by atoms with Crippen LogP contribution in [0.1, 0.15) is 16.0 Å². The molecular formula is C12H9Br3O2S2. The molecule has 0 amide bonds. The molecule has 0 fully saturated rings. The van der Waals surface area contributed by atoms with Crippen molar-refractivity contribution in [3.63, 3.8) is 0 Å². The zero-order valence-corrected chi connectivity index (χ0v) is 16.1. The molecule has 0 spiro atoms. The van der Waals surface area contributed by atoms with E-state index in [0.29, 0.717) is 4.90 Å². The maximum atomic E-state index is 11.4. The molecule has 1 heterocycles. The number of thiophene rings is 1. The quantitative estimate of drug-likeness (QED) is 0.559. The van der Waals surface area contributed by atoms with Crippen molar-refractivity contribution in [1.82, 2.24) is 0 Å². The van der Waals surface area contributed by atoms with Crippen LogP contribution in [0.15, 0.2) is 42.8 Å². The molecule has 19 heavy (non-hydrogen) atoms. The van der Waals surface area contributed by atoms with Gasteiger partial charge in [0.25, 0.3) is 0 Å². The Bertz CT molecular complexity index is 690. The number of halogens is 3. The van der Waals surface area contributed by atoms with Gasteiger partial charge in [0.05, 0.1) is 17.3 Å². The van der Waals surface area contributed by atoms with Gasteiger partial charge in [-0.25, -0.2) is 8.42 Å². The lowest BCUT2D eigenvalue weighted by Crippen LogP contribution is -1.98. The molecule has 2 aromatic rings. The summed E-state index contributed by atoms with van der Waals surface area (Å²) < 4.78 is 24.9. The van der Waals surface area contributed by atoms with Crippen molar-refractivity contribution in [2.45, 2.75) is 9.72 Å². The van der Waals surface area contributed by atoms with Crippen LogP contribution in [0, 0.1) is 0 Å². The van der Waals surface area contributed by atoms with Gasteiger partial charge in [-0.05, 0) is 61.2 Å². The summed E-state index contributed by atoms with van der Waals surface area (Å²) in [5, 5.41) is 0. The van der Waals surface area contributed by atoms with Crippen molar-refractivity contribution in [3.8, 4) is 0 Å². The number of hydrogen-bond donors (Lipinski definition) is 0. The number of benzene rings is 1. The highest BCUT2D eigenvalue weighted by molar-refractivity contribution is 9.12. The molecule has 2 nitrogen and oxygen atoms in total. The minimum Gasteiger partial charge on any atom is -0.224 e. The van der Waals surface area contributed by atoms with Crippen molar-refractivity contribution in [3.05, 3.63) is 49.0 Å². The van der Waals surface area contributed by atoms with E-state index in [2.05, 4.69) is 47.8 Å². The van der Waals surface area contributed by atoms with E-state index in [1.807, 2.05) is 18.2 Å². The van der Waals surface area contributed by atoms with Gasteiger partial charge in [0, 0.05) is 6.26 Å². The molecule has 0 aliphatic rings. The summed E-state index contributed by atoms with van der Waals surface area (Å²) in [4.78, 5) is 0.361. The molecule has 102 valence electrons. The van der Waals surface area contributed by atoms with Crippen LogP contribution in [0.3, 0.4) is 0 Å². The monoisotopic (exact) mass is 486 g/mol. The van der Waals surface area contributed by atoms with E-state index in [1.54, 1.807) is 23.5 Å². The Balaban J connectivity index is 2.35. The number of sulfone groups is 1. The molecule has 2 rings (SSSR count). The third-order valence-corrected chi connectivity index (χ3v) is 7.09. The Morgan fingerprint density at radius 3 is 2.16 bits per heavy atom. The first kappa shape index (κ1) is 15.7. The fraction of sp³-hybridized carbons (Fsp3) is 0.167. The van der Waals surface area contributed by atoms with Crippen molar-refractivity contribution >= 4 is 69.0 Å². The fourth-order valence-electron chi connectivity index (χ4n) is 1.59. The van der Waals surface area contributed by atoms with Crippen LogP contribution in [-0.2, 0) is 9.84 Å². The van der Waals surface area contributed by atoms with Crippen molar-refractivity contribution in [2.24, 2.45) is 0 Å². The first-order valence-corrected chi connectivity index (χ1v) is 10.4. The standard InChI is InChI=1S/C12H9Br3O2S2/c1-19(16,17)8-4-2-7(3-5-8)11(14)9-6-10(13)18-12(9)15/h2-6,11H,1H3. The maximum absolute atomic E-state index is 11.4. The highest BCUT2D eigenvalue weighted by Gasteiger charge is 2.17. The van der Waals surface area contributed by atoms with E-state index < -0.39 is 9.84 Å². The second kappa shape index (κ2) is 5.97. The first-order valence-electron chi connectivity index (χ1n) is 5.18. The Morgan fingerprint density at radius 2 is 1.74 bits per heavy atom. The summed E-state index contributed by atoms with van der Waals surface area (Å²) in [6, 6.07) is 8.96. The van der Waals surface area contributed by atoms with Gasteiger partial charge >= 0.3 is 0 Å². The molecule has 0 saturated heterocycles. The second-order valence-electron chi connectivity index (χ2n) is 3.98. The van der Waals surface area contributed by atoms with Crippen LogP contribution in [0.4, 0.5) is 0 Å². The molecular weight excluding hydrogens is 480 g/mol. The largest absolute Gasteiger partial charge is 0.224 e. The average Bonchev–Trinajstić information content (AvgIpc) is 2.66. The number of rotatable bonds is 3. The van der Waals surface area contributed by atoms with E-state index >= 15 is 0 Å². The minimum absolute atomic E-state index is 0.0260. The molecule has 0 aliphatic carbocycles. The van der Waals surface area contributed by atoms with Crippen LogP contribution in [-0.4, -0.2) is 14.7 Å². The zero-order chi connectivity index (χ0) is 14.2. The molecule has 1 aromatic carbocycles. The Labute approximate surface area is 141 Å². The Hall–Kier alpha value is 0.310. The average molecular weight is 489 g/mol. The summed E-state index contributed by atoms with van der Waals surface area (Å²) in [6.45, 7) is 0. The molecule has 0 N–H and O–H groups in total.